The maximum absolute atomic E-state index is 12.5. The van der Waals surface area contributed by atoms with Crippen LogP contribution in [0.3, 0.4) is 0 Å². The number of hydrazine groups is 1. The largest absolute Gasteiger partial charge is 0.493 e. The first-order valence-electron chi connectivity index (χ1n) is 11.6. The van der Waals surface area contributed by atoms with Crippen LogP contribution < -0.4 is 25.6 Å². The minimum Gasteiger partial charge on any atom is -0.493 e. The number of carbonyl (C=O) groups is 3. The zero-order valence-corrected chi connectivity index (χ0v) is 21.5. The van der Waals surface area contributed by atoms with Crippen molar-refractivity contribution in [2.45, 2.75) is 26.2 Å². The van der Waals surface area contributed by atoms with Gasteiger partial charge in [0.25, 0.3) is 17.7 Å². The van der Waals surface area contributed by atoms with E-state index < -0.39 is 11.8 Å². The van der Waals surface area contributed by atoms with E-state index in [1.54, 1.807) is 67.8 Å². The van der Waals surface area contributed by atoms with E-state index in [9.17, 15) is 14.4 Å². The molecule has 8 nitrogen and oxygen atoms in total. The van der Waals surface area contributed by atoms with Gasteiger partial charge in [-0.1, -0.05) is 39.0 Å². The smallest absolute Gasteiger partial charge is 0.269 e. The van der Waals surface area contributed by atoms with Gasteiger partial charge in [-0.3, -0.25) is 25.2 Å². The lowest BCUT2D eigenvalue weighted by atomic mass is 9.87. The van der Waals surface area contributed by atoms with E-state index in [1.807, 2.05) is 12.1 Å². The van der Waals surface area contributed by atoms with Crippen molar-refractivity contribution >= 4 is 29.5 Å². The van der Waals surface area contributed by atoms with Gasteiger partial charge in [-0.2, -0.15) is 0 Å². The molecule has 3 aromatic rings. The van der Waals surface area contributed by atoms with E-state index >= 15 is 0 Å². The van der Waals surface area contributed by atoms with E-state index in [2.05, 4.69) is 36.9 Å². The van der Waals surface area contributed by atoms with Gasteiger partial charge in [-0.25, -0.2) is 0 Å². The Bertz CT molecular complexity index is 1290. The third-order valence-corrected chi connectivity index (χ3v) is 5.55. The van der Waals surface area contributed by atoms with Gasteiger partial charge >= 0.3 is 0 Å². The van der Waals surface area contributed by atoms with Crippen LogP contribution in [0.5, 0.6) is 11.5 Å². The van der Waals surface area contributed by atoms with Crippen LogP contribution >= 0.6 is 0 Å². The summed E-state index contributed by atoms with van der Waals surface area (Å²) in [5.74, 6) is -0.132. The van der Waals surface area contributed by atoms with Crippen molar-refractivity contribution in [3.8, 4) is 11.5 Å². The summed E-state index contributed by atoms with van der Waals surface area (Å²) in [6.45, 7) is 6.34. The summed E-state index contributed by atoms with van der Waals surface area (Å²) in [5, 5.41) is 2.81. The number of ether oxygens (including phenoxy) is 2. The second kappa shape index (κ2) is 11.9. The van der Waals surface area contributed by atoms with Crippen LogP contribution in [0, 0.1) is 0 Å². The summed E-state index contributed by atoms with van der Waals surface area (Å²) >= 11 is 0. The van der Waals surface area contributed by atoms with Gasteiger partial charge in [-0.05, 0) is 71.1 Å². The monoisotopic (exact) mass is 501 g/mol. The van der Waals surface area contributed by atoms with Crippen LogP contribution in [0.25, 0.3) is 6.08 Å². The topological polar surface area (TPSA) is 106 Å². The normalized spacial score (nSPS) is 11.1. The molecular formula is C29H31N3O5. The highest BCUT2D eigenvalue weighted by Gasteiger charge is 2.14. The standard InChI is InChI=1S/C29H31N3O5/c1-29(2,3)22-12-8-20(9-13-22)27(34)30-23-14-10-21(11-15-23)28(35)32-31-26(33)17-7-19-6-16-24(36-4)25(18-19)37-5/h6-18H,1-5H3,(H,30,34)(H,31,33)(H,32,35). The number of hydrogen-bond acceptors (Lipinski definition) is 5. The van der Waals surface area contributed by atoms with Crippen LogP contribution in [-0.4, -0.2) is 31.9 Å². The zero-order valence-electron chi connectivity index (χ0n) is 21.5. The Morgan fingerprint density at radius 3 is 1.92 bits per heavy atom. The first-order chi connectivity index (χ1) is 17.6. The summed E-state index contributed by atoms with van der Waals surface area (Å²) < 4.78 is 10.4. The Balaban J connectivity index is 1.52. The molecule has 0 aromatic heterocycles. The zero-order chi connectivity index (χ0) is 27.0. The van der Waals surface area contributed by atoms with Gasteiger partial charge in [0.05, 0.1) is 14.2 Å². The fourth-order valence-corrected chi connectivity index (χ4v) is 3.39. The van der Waals surface area contributed by atoms with E-state index in [4.69, 9.17) is 9.47 Å². The molecule has 0 aliphatic heterocycles. The van der Waals surface area contributed by atoms with Crippen LogP contribution in [-0.2, 0) is 10.2 Å². The van der Waals surface area contributed by atoms with E-state index in [-0.39, 0.29) is 11.3 Å². The van der Waals surface area contributed by atoms with Crippen molar-refractivity contribution in [3.63, 3.8) is 0 Å². The Kier molecular flexibility index (Phi) is 8.68. The average molecular weight is 502 g/mol. The molecule has 0 heterocycles. The van der Waals surface area contributed by atoms with Gasteiger partial charge in [-0.15, -0.1) is 0 Å². The molecule has 37 heavy (non-hydrogen) atoms. The molecule has 0 saturated carbocycles. The van der Waals surface area contributed by atoms with Gasteiger partial charge in [0, 0.05) is 22.9 Å². The summed E-state index contributed by atoms with van der Waals surface area (Å²) in [4.78, 5) is 37.0. The predicted octanol–water partition coefficient (Wildman–Crippen LogP) is 4.73. The molecule has 0 aliphatic rings. The second-order valence-electron chi connectivity index (χ2n) is 9.25. The molecule has 0 atom stereocenters. The minimum absolute atomic E-state index is 0.00580. The Labute approximate surface area is 216 Å². The minimum atomic E-state index is -0.510. The van der Waals surface area contributed by atoms with Crippen LogP contribution in [0.1, 0.15) is 52.6 Å². The van der Waals surface area contributed by atoms with E-state index in [0.29, 0.717) is 28.3 Å². The molecule has 0 spiro atoms. The maximum atomic E-state index is 12.5. The number of amides is 3. The molecule has 3 aromatic carbocycles. The Hall–Kier alpha value is -4.59. The van der Waals surface area contributed by atoms with Crippen LogP contribution in [0.15, 0.2) is 72.8 Å². The first-order valence-corrected chi connectivity index (χ1v) is 11.6. The fourth-order valence-electron chi connectivity index (χ4n) is 3.39. The molecule has 0 bridgehead atoms. The maximum Gasteiger partial charge on any atom is 0.269 e. The lowest BCUT2D eigenvalue weighted by Gasteiger charge is -2.19. The highest BCUT2D eigenvalue weighted by Crippen LogP contribution is 2.28. The SMILES string of the molecule is COc1ccc(C=CC(=O)NNC(=O)c2ccc(NC(=O)c3ccc(C(C)(C)C)cc3)cc2)cc1OC. The molecule has 3 N–H and O–H groups in total. The summed E-state index contributed by atoms with van der Waals surface area (Å²) in [5.41, 5.74) is 7.97. The third-order valence-electron chi connectivity index (χ3n) is 5.55. The molecule has 0 radical (unpaired) electrons. The number of carbonyl (C=O) groups excluding carboxylic acids is 3. The summed E-state index contributed by atoms with van der Waals surface area (Å²) in [6.07, 6.45) is 2.87. The molecule has 0 fully saturated rings. The summed E-state index contributed by atoms with van der Waals surface area (Å²) in [7, 11) is 3.07. The molecule has 192 valence electrons. The Morgan fingerprint density at radius 2 is 1.32 bits per heavy atom. The number of methoxy groups -OCH3 is 2. The van der Waals surface area contributed by atoms with Crippen molar-refractivity contribution in [1.82, 2.24) is 10.9 Å². The molecule has 0 unspecified atom stereocenters. The van der Waals surface area contributed by atoms with Crippen LogP contribution in [0.4, 0.5) is 5.69 Å². The second-order valence-corrected chi connectivity index (χ2v) is 9.25. The molecule has 8 heteroatoms. The number of rotatable bonds is 7. The number of hydrogen-bond donors (Lipinski definition) is 3. The van der Waals surface area contributed by atoms with Crippen molar-refractivity contribution < 1.29 is 23.9 Å². The van der Waals surface area contributed by atoms with Crippen molar-refractivity contribution in [2.75, 3.05) is 19.5 Å². The number of anilines is 1. The lowest BCUT2D eigenvalue weighted by molar-refractivity contribution is -0.117. The summed E-state index contributed by atoms with van der Waals surface area (Å²) in [6, 6.07) is 19.0. The van der Waals surface area contributed by atoms with Gasteiger partial charge in [0.2, 0.25) is 0 Å². The third kappa shape index (κ3) is 7.44. The molecule has 3 amide bonds. The number of benzene rings is 3. The van der Waals surface area contributed by atoms with E-state index in [0.717, 1.165) is 11.1 Å². The first kappa shape index (κ1) is 27.0. The van der Waals surface area contributed by atoms with Gasteiger partial charge in [0.1, 0.15) is 0 Å². The van der Waals surface area contributed by atoms with Gasteiger partial charge < -0.3 is 14.8 Å². The van der Waals surface area contributed by atoms with Crippen LogP contribution in [0.2, 0.25) is 0 Å². The Morgan fingerprint density at radius 1 is 0.730 bits per heavy atom. The van der Waals surface area contributed by atoms with Gasteiger partial charge in [0.15, 0.2) is 11.5 Å². The highest BCUT2D eigenvalue weighted by atomic mass is 16.5. The quantitative estimate of drug-likeness (QED) is 0.321. The van der Waals surface area contributed by atoms with Crippen molar-refractivity contribution in [3.05, 3.63) is 95.1 Å². The molecule has 0 aliphatic carbocycles. The fraction of sp³-hybridized carbons (Fsp3) is 0.207. The predicted molar refractivity (Wildman–Crippen MR) is 144 cm³/mol. The molecular weight excluding hydrogens is 470 g/mol. The van der Waals surface area contributed by atoms with E-state index in [1.165, 1.54) is 13.2 Å². The van der Waals surface area contributed by atoms with Crippen molar-refractivity contribution in [2.24, 2.45) is 0 Å². The average Bonchev–Trinajstić information content (AvgIpc) is 2.90. The molecule has 0 saturated heterocycles. The molecule has 3 rings (SSSR count). The lowest BCUT2D eigenvalue weighted by Crippen LogP contribution is -2.40. The van der Waals surface area contributed by atoms with Crippen molar-refractivity contribution in [1.29, 1.82) is 0 Å². The highest BCUT2D eigenvalue weighted by molar-refractivity contribution is 6.04. The number of nitrogens with one attached hydrogen (secondary N) is 3.